The van der Waals surface area contributed by atoms with Gasteiger partial charge in [-0.15, -0.1) is 11.3 Å². The van der Waals surface area contributed by atoms with Crippen LogP contribution in [0.4, 0.5) is 0 Å². The molecular formula is C10H16N2O6S3. The highest BCUT2D eigenvalue weighted by Crippen LogP contribution is 2.21. The van der Waals surface area contributed by atoms with Crippen molar-refractivity contribution in [3.8, 4) is 0 Å². The van der Waals surface area contributed by atoms with E-state index in [0.29, 0.717) is 11.3 Å². The maximum atomic E-state index is 12.0. The molecule has 3 N–H and O–H groups in total. The molecular weight excluding hydrogens is 340 g/mol. The van der Waals surface area contributed by atoms with Crippen LogP contribution in [-0.2, 0) is 20.0 Å². The van der Waals surface area contributed by atoms with E-state index in [9.17, 15) is 21.6 Å². The number of nitrogens with one attached hydrogen (secondary N) is 2. The van der Waals surface area contributed by atoms with Crippen LogP contribution in [0.3, 0.4) is 0 Å². The molecule has 0 fully saturated rings. The van der Waals surface area contributed by atoms with E-state index in [1.165, 1.54) is 26.0 Å². The summed E-state index contributed by atoms with van der Waals surface area (Å²) in [6.45, 7) is 2.87. The average molecular weight is 356 g/mol. The minimum Gasteiger partial charge on any atom is -0.477 e. The third kappa shape index (κ3) is 5.71. The maximum Gasteiger partial charge on any atom is 0.345 e. The predicted molar refractivity (Wildman–Crippen MR) is 78.5 cm³/mol. The SMILES string of the molecule is CC(C)(CNS(=O)(=O)c1ccc(C(=O)O)s1)NS(C)(=O)=O. The third-order valence-corrected chi connectivity index (χ3v) is 6.11. The number of aromatic carboxylic acids is 1. The summed E-state index contributed by atoms with van der Waals surface area (Å²) in [5, 5.41) is 8.77. The summed E-state index contributed by atoms with van der Waals surface area (Å²) < 4.78 is 50.8. The number of thiophene rings is 1. The van der Waals surface area contributed by atoms with Gasteiger partial charge in [0.05, 0.1) is 6.26 Å². The van der Waals surface area contributed by atoms with E-state index in [1.54, 1.807) is 0 Å². The molecule has 0 bridgehead atoms. The quantitative estimate of drug-likeness (QED) is 0.633. The number of rotatable bonds is 7. The van der Waals surface area contributed by atoms with Crippen LogP contribution < -0.4 is 9.44 Å². The molecule has 0 aliphatic heterocycles. The van der Waals surface area contributed by atoms with Crippen LogP contribution in [0.2, 0.25) is 0 Å². The summed E-state index contributed by atoms with van der Waals surface area (Å²) in [6.07, 6.45) is 0.974. The average Bonchev–Trinajstić information content (AvgIpc) is 2.73. The number of carbonyl (C=O) groups is 1. The molecule has 0 aliphatic rings. The second kappa shape index (κ2) is 6.01. The van der Waals surface area contributed by atoms with Crippen molar-refractivity contribution in [1.82, 2.24) is 9.44 Å². The molecule has 0 aromatic carbocycles. The molecule has 1 aromatic heterocycles. The highest BCUT2D eigenvalue weighted by Gasteiger charge is 2.26. The van der Waals surface area contributed by atoms with E-state index in [4.69, 9.17) is 5.11 Å². The second-order valence-electron chi connectivity index (χ2n) is 5.01. The standard InChI is InChI=1S/C10H16N2O6S3/c1-10(2,12-20(3,15)16)6-11-21(17,18)8-5-4-7(19-8)9(13)14/h4-5,11-12H,6H2,1-3H3,(H,13,14). The van der Waals surface area contributed by atoms with Gasteiger partial charge >= 0.3 is 5.97 Å². The van der Waals surface area contributed by atoms with Crippen LogP contribution in [-0.4, -0.2) is 46.3 Å². The number of carboxylic acids is 1. The first kappa shape index (κ1) is 18.0. The molecule has 0 amide bonds. The summed E-state index contributed by atoms with van der Waals surface area (Å²) >= 11 is 0.623. The molecule has 0 radical (unpaired) electrons. The Hall–Kier alpha value is -1.01. The van der Waals surface area contributed by atoms with Gasteiger partial charge in [0, 0.05) is 12.1 Å². The van der Waals surface area contributed by atoms with Crippen LogP contribution in [0.25, 0.3) is 0 Å². The van der Waals surface area contributed by atoms with Gasteiger partial charge in [0.1, 0.15) is 9.09 Å². The van der Waals surface area contributed by atoms with E-state index in [0.717, 1.165) is 6.26 Å². The molecule has 120 valence electrons. The van der Waals surface area contributed by atoms with Crippen LogP contribution in [0, 0.1) is 0 Å². The van der Waals surface area contributed by atoms with Crippen molar-refractivity contribution in [1.29, 1.82) is 0 Å². The molecule has 0 saturated carbocycles. The Morgan fingerprint density at radius 1 is 1.29 bits per heavy atom. The zero-order chi connectivity index (χ0) is 16.5. The number of hydrogen-bond donors (Lipinski definition) is 3. The minimum atomic E-state index is -3.89. The van der Waals surface area contributed by atoms with Gasteiger partial charge in [-0.2, -0.15) is 0 Å². The summed E-state index contributed by atoms with van der Waals surface area (Å²) in [7, 11) is -7.37. The second-order valence-corrected chi connectivity index (χ2v) is 9.83. The van der Waals surface area contributed by atoms with E-state index < -0.39 is 31.6 Å². The zero-order valence-corrected chi connectivity index (χ0v) is 14.0. The topological polar surface area (TPSA) is 130 Å². The van der Waals surface area contributed by atoms with E-state index in [2.05, 4.69) is 9.44 Å². The van der Waals surface area contributed by atoms with Gasteiger partial charge in [0.2, 0.25) is 20.0 Å². The van der Waals surface area contributed by atoms with Crippen LogP contribution in [0.15, 0.2) is 16.3 Å². The van der Waals surface area contributed by atoms with Crippen molar-refractivity contribution >= 4 is 37.4 Å². The summed E-state index contributed by atoms with van der Waals surface area (Å²) in [5.41, 5.74) is -1.02. The van der Waals surface area contributed by atoms with Gasteiger partial charge < -0.3 is 5.11 Å². The van der Waals surface area contributed by atoms with Crippen molar-refractivity contribution in [2.24, 2.45) is 0 Å². The lowest BCUT2D eigenvalue weighted by Gasteiger charge is -2.24. The molecule has 0 saturated heterocycles. The smallest absolute Gasteiger partial charge is 0.345 e. The number of carboxylic acid groups (broad SMARTS) is 1. The first-order valence-electron chi connectivity index (χ1n) is 5.64. The zero-order valence-electron chi connectivity index (χ0n) is 11.6. The number of hydrogen-bond acceptors (Lipinski definition) is 6. The minimum absolute atomic E-state index is 0.0936. The Morgan fingerprint density at radius 3 is 2.29 bits per heavy atom. The lowest BCUT2D eigenvalue weighted by molar-refractivity contribution is 0.0702. The van der Waals surface area contributed by atoms with Gasteiger partial charge in [0.15, 0.2) is 0 Å². The fourth-order valence-electron chi connectivity index (χ4n) is 1.46. The normalized spacial score (nSPS) is 13.3. The Labute approximate surface area is 127 Å². The molecule has 0 aliphatic carbocycles. The molecule has 0 unspecified atom stereocenters. The fourth-order valence-corrected chi connectivity index (χ4v) is 4.94. The van der Waals surface area contributed by atoms with Crippen LogP contribution in [0.5, 0.6) is 0 Å². The Bertz CT molecular complexity index is 733. The van der Waals surface area contributed by atoms with Crippen molar-refractivity contribution < 1.29 is 26.7 Å². The third-order valence-electron chi connectivity index (χ3n) is 2.22. The molecule has 0 atom stereocenters. The van der Waals surface area contributed by atoms with Gasteiger partial charge in [-0.05, 0) is 26.0 Å². The van der Waals surface area contributed by atoms with Crippen LogP contribution in [0.1, 0.15) is 23.5 Å². The Kier molecular flexibility index (Phi) is 5.16. The molecule has 11 heteroatoms. The molecule has 21 heavy (non-hydrogen) atoms. The van der Waals surface area contributed by atoms with Gasteiger partial charge in [-0.1, -0.05) is 0 Å². The first-order chi connectivity index (χ1) is 9.32. The van der Waals surface area contributed by atoms with E-state index in [-0.39, 0.29) is 15.6 Å². The Morgan fingerprint density at radius 2 is 1.86 bits per heavy atom. The summed E-state index contributed by atoms with van der Waals surface area (Å²) in [6, 6.07) is 2.38. The molecule has 8 nitrogen and oxygen atoms in total. The number of sulfonamides is 2. The molecule has 0 spiro atoms. The van der Waals surface area contributed by atoms with E-state index >= 15 is 0 Å². The fraction of sp³-hybridized carbons (Fsp3) is 0.500. The van der Waals surface area contributed by atoms with Gasteiger partial charge in [-0.3, -0.25) is 0 Å². The summed E-state index contributed by atoms with van der Waals surface area (Å²) in [5.74, 6) is -1.21. The van der Waals surface area contributed by atoms with Crippen molar-refractivity contribution in [2.45, 2.75) is 23.6 Å². The van der Waals surface area contributed by atoms with Crippen molar-refractivity contribution in [3.63, 3.8) is 0 Å². The largest absolute Gasteiger partial charge is 0.477 e. The van der Waals surface area contributed by atoms with Gasteiger partial charge in [0.25, 0.3) is 0 Å². The predicted octanol–water partition coefficient (Wildman–Crippen LogP) is 0.0524. The highest BCUT2D eigenvalue weighted by atomic mass is 32.2. The molecule has 1 heterocycles. The van der Waals surface area contributed by atoms with Crippen LogP contribution >= 0.6 is 11.3 Å². The monoisotopic (exact) mass is 356 g/mol. The lowest BCUT2D eigenvalue weighted by atomic mass is 10.1. The van der Waals surface area contributed by atoms with Crippen molar-refractivity contribution in [2.75, 3.05) is 12.8 Å². The first-order valence-corrected chi connectivity index (χ1v) is 9.83. The highest BCUT2D eigenvalue weighted by molar-refractivity contribution is 7.91. The Balaban J connectivity index is 2.83. The lowest BCUT2D eigenvalue weighted by Crippen LogP contribution is -2.50. The summed E-state index contributed by atoms with van der Waals surface area (Å²) in [4.78, 5) is 10.6. The van der Waals surface area contributed by atoms with E-state index in [1.807, 2.05) is 0 Å². The van der Waals surface area contributed by atoms with Gasteiger partial charge in [-0.25, -0.2) is 31.1 Å². The molecule has 1 rings (SSSR count). The maximum absolute atomic E-state index is 12.0. The van der Waals surface area contributed by atoms with Crippen molar-refractivity contribution in [3.05, 3.63) is 17.0 Å². The molecule has 1 aromatic rings.